The highest BCUT2D eigenvalue weighted by atomic mass is 16.1. The molecule has 0 heterocycles. The van der Waals surface area contributed by atoms with Crippen molar-refractivity contribution < 1.29 is 4.79 Å². The number of nitrogens with two attached hydrogens (primary N) is 2. The Morgan fingerprint density at radius 3 is 1.72 bits per heavy atom. The Balaban J connectivity index is 0.000000399. The van der Waals surface area contributed by atoms with Crippen molar-refractivity contribution in [3.63, 3.8) is 0 Å². The van der Waals surface area contributed by atoms with Gasteiger partial charge in [-0.3, -0.25) is 4.79 Å². The molecule has 1 aliphatic rings. The van der Waals surface area contributed by atoms with Crippen LogP contribution in [-0.2, 0) is 10.2 Å². The van der Waals surface area contributed by atoms with Gasteiger partial charge in [0, 0.05) is 5.54 Å². The molecule has 3 nitrogen and oxygen atoms in total. The normalized spacial score (nSPS) is 14.1. The van der Waals surface area contributed by atoms with Crippen LogP contribution in [0.5, 0.6) is 0 Å². The van der Waals surface area contributed by atoms with Crippen molar-refractivity contribution in [1.82, 2.24) is 0 Å². The van der Waals surface area contributed by atoms with E-state index in [1.54, 1.807) is 0 Å². The molecule has 134 valence electrons. The summed E-state index contributed by atoms with van der Waals surface area (Å²) in [6.45, 7) is 8.04. The van der Waals surface area contributed by atoms with E-state index >= 15 is 0 Å². The van der Waals surface area contributed by atoms with Crippen molar-refractivity contribution in [3.05, 3.63) is 59.7 Å². The molecule has 2 aromatic rings. The Labute approximate surface area is 151 Å². The van der Waals surface area contributed by atoms with E-state index in [0.717, 1.165) is 41.5 Å². The molecule has 0 unspecified atom stereocenters. The first-order chi connectivity index (χ1) is 11.7. The lowest BCUT2D eigenvalue weighted by atomic mass is 9.73. The molecule has 3 rings (SSSR count). The number of carbonyl (C=O) groups excluding carboxylic acids is 1. The number of amides is 1. The number of fused-ring (bicyclic) bond motifs is 3. The van der Waals surface area contributed by atoms with Crippen LogP contribution in [0.3, 0.4) is 0 Å². The first kappa shape index (κ1) is 19.2. The first-order valence-electron chi connectivity index (χ1n) is 9.00. The molecular formula is C22H30N2O. The van der Waals surface area contributed by atoms with Gasteiger partial charge >= 0.3 is 0 Å². The second-order valence-electron chi connectivity index (χ2n) is 7.83. The molecule has 0 saturated carbocycles. The van der Waals surface area contributed by atoms with Gasteiger partial charge in [0.25, 0.3) is 0 Å². The summed E-state index contributed by atoms with van der Waals surface area (Å²) in [5.74, 6) is -0.233. The van der Waals surface area contributed by atoms with E-state index in [4.69, 9.17) is 11.5 Å². The van der Waals surface area contributed by atoms with Gasteiger partial charge in [0.05, 0.1) is 5.41 Å². The van der Waals surface area contributed by atoms with Crippen LogP contribution in [0.25, 0.3) is 11.1 Å². The summed E-state index contributed by atoms with van der Waals surface area (Å²) in [5.41, 5.74) is 15.0. The molecule has 0 fully saturated rings. The minimum atomic E-state index is -0.650. The average molecular weight is 338 g/mol. The number of carbonyl (C=O) groups is 1. The summed E-state index contributed by atoms with van der Waals surface area (Å²) in [4.78, 5) is 12.4. The third-order valence-electron chi connectivity index (χ3n) is 4.39. The summed E-state index contributed by atoms with van der Waals surface area (Å²) in [7, 11) is 0. The lowest BCUT2D eigenvalue weighted by Gasteiger charge is -2.28. The number of hydrogen-bond acceptors (Lipinski definition) is 2. The molecule has 3 heteroatoms. The van der Waals surface area contributed by atoms with Crippen LogP contribution >= 0.6 is 0 Å². The maximum Gasteiger partial charge on any atom is 0.232 e. The van der Waals surface area contributed by atoms with E-state index in [1.807, 2.05) is 45.0 Å². The molecule has 0 spiro atoms. The molecule has 1 amide bonds. The monoisotopic (exact) mass is 338 g/mol. The number of benzene rings is 2. The fourth-order valence-electron chi connectivity index (χ4n) is 3.43. The maximum absolute atomic E-state index is 12.4. The molecule has 0 radical (unpaired) electrons. The number of primary amides is 1. The topological polar surface area (TPSA) is 69.1 Å². The minimum absolute atomic E-state index is 0. The highest BCUT2D eigenvalue weighted by molar-refractivity contribution is 5.99. The van der Waals surface area contributed by atoms with Crippen molar-refractivity contribution in [3.8, 4) is 11.1 Å². The van der Waals surface area contributed by atoms with Crippen molar-refractivity contribution in [1.29, 1.82) is 0 Å². The first-order valence-corrected chi connectivity index (χ1v) is 9.00. The quantitative estimate of drug-likeness (QED) is 0.869. The van der Waals surface area contributed by atoms with Gasteiger partial charge in [-0.2, -0.15) is 0 Å². The summed E-state index contributed by atoms with van der Waals surface area (Å²) in [6.07, 6.45) is 2.83. The Kier molecular flexibility index (Phi) is 5.69. The maximum atomic E-state index is 12.4. The zero-order valence-electron chi connectivity index (χ0n) is 15.8. The third kappa shape index (κ3) is 3.93. The highest BCUT2D eigenvalue weighted by Crippen LogP contribution is 2.51. The number of rotatable bonds is 4. The largest absolute Gasteiger partial charge is 0.369 e. The Morgan fingerprint density at radius 2 is 1.36 bits per heavy atom. The fraction of sp³-hybridized carbons (Fsp3) is 0.409. The van der Waals surface area contributed by atoms with Gasteiger partial charge in [-0.15, -0.1) is 0 Å². The molecule has 1 aliphatic carbocycles. The SMILES string of the molecule is CC(C)(C)N.CCCCC1(C(N)=O)c2ccccc2-c2ccccc21. The van der Waals surface area contributed by atoms with Crippen molar-refractivity contribution in [2.24, 2.45) is 11.5 Å². The van der Waals surface area contributed by atoms with Gasteiger partial charge in [-0.05, 0) is 49.4 Å². The standard InChI is InChI=1S/C18H19NO.C4H11N/c1-2-3-12-18(17(19)20)15-10-6-4-8-13(15)14-9-5-7-11-16(14)18;1-4(2,3)5/h4-11H,2-3,12H2,1H3,(H2,19,20);5H2,1-3H3. The Bertz CT molecular complexity index is 692. The second kappa shape index (κ2) is 7.40. The predicted octanol–water partition coefficient (Wildman–Crippen LogP) is 4.37. The molecule has 2 aromatic carbocycles. The molecule has 4 N–H and O–H groups in total. The summed E-state index contributed by atoms with van der Waals surface area (Å²) >= 11 is 0. The van der Waals surface area contributed by atoms with E-state index in [-0.39, 0.29) is 11.4 Å². The van der Waals surface area contributed by atoms with Gasteiger partial charge in [-0.25, -0.2) is 0 Å². The summed E-state index contributed by atoms with van der Waals surface area (Å²) < 4.78 is 0. The van der Waals surface area contributed by atoms with Crippen LogP contribution < -0.4 is 11.5 Å². The minimum Gasteiger partial charge on any atom is -0.369 e. The van der Waals surface area contributed by atoms with Gasteiger partial charge < -0.3 is 11.5 Å². The number of unbranched alkanes of at least 4 members (excludes halogenated alkanes) is 1. The van der Waals surface area contributed by atoms with Gasteiger partial charge in [-0.1, -0.05) is 68.3 Å². The zero-order valence-corrected chi connectivity index (χ0v) is 15.8. The molecular weight excluding hydrogens is 308 g/mol. The predicted molar refractivity (Wildman–Crippen MR) is 105 cm³/mol. The lowest BCUT2D eigenvalue weighted by Crippen LogP contribution is -2.40. The van der Waals surface area contributed by atoms with E-state index in [2.05, 4.69) is 31.2 Å². The van der Waals surface area contributed by atoms with Crippen LogP contribution in [0.2, 0.25) is 0 Å². The van der Waals surface area contributed by atoms with Gasteiger partial charge in [0.15, 0.2) is 0 Å². The average Bonchev–Trinajstić information content (AvgIpc) is 2.83. The molecule has 25 heavy (non-hydrogen) atoms. The highest BCUT2D eigenvalue weighted by Gasteiger charge is 2.46. The molecule has 0 bridgehead atoms. The molecule has 0 saturated heterocycles. The smallest absolute Gasteiger partial charge is 0.232 e. The summed E-state index contributed by atoms with van der Waals surface area (Å²) in [5, 5.41) is 0. The Hall–Kier alpha value is -2.13. The van der Waals surface area contributed by atoms with E-state index in [9.17, 15) is 4.79 Å². The van der Waals surface area contributed by atoms with Crippen molar-refractivity contribution in [2.75, 3.05) is 0 Å². The zero-order chi connectivity index (χ0) is 18.7. The second-order valence-corrected chi connectivity index (χ2v) is 7.83. The Morgan fingerprint density at radius 1 is 0.960 bits per heavy atom. The van der Waals surface area contributed by atoms with Crippen LogP contribution in [0.4, 0.5) is 0 Å². The van der Waals surface area contributed by atoms with Crippen molar-refractivity contribution in [2.45, 2.75) is 57.9 Å². The van der Waals surface area contributed by atoms with Gasteiger partial charge in [0.2, 0.25) is 5.91 Å². The summed E-state index contributed by atoms with van der Waals surface area (Å²) in [6, 6.07) is 16.3. The van der Waals surface area contributed by atoms with Crippen molar-refractivity contribution >= 4 is 5.91 Å². The number of hydrogen-bond donors (Lipinski definition) is 2. The van der Waals surface area contributed by atoms with Crippen LogP contribution in [0, 0.1) is 0 Å². The van der Waals surface area contributed by atoms with E-state index in [1.165, 1.54) is 0 Å². The lowest BCUT2D eigenvalue weighted by molar-refractivity contribution is -0.122. The molecule has 0 aliphatic heterocycles. The molecule has 0 aromatic heterocycles. The van der Waals surface area contributed by atoms with E-state index in [0.29, 0.717) is 0 Å². The van der Waals surface area contributed by atoms with Crippen LogP contribution in [0.1, 0.15) is 58.1 Å². The van der Waals surface area contributed by atoms with E-state index < -0.39 is 5.41 Å². The molecule has 0 atom stereocenters. The fourth-order valence-corrected chi connectivity index (χ4v) is 3.43. The van der Waals surface area contributed by atoms with Gasteiger partial charge in [0.1, 0.15) is 0 Å². The van der Waals surface area contributed by atoms with Crippen LogP contribution in [0.15, 0.2) is 48.5 Å². The van der Waals surface area contributed by atoms with Crippen LogP contribution in [-0.4, -0.2) is 11.4 Å². The third-order valence-corrected chi connectivity index (χ3v) is 4.39.